The first kappa shape index (κ1) is 31.9. The van der Waals surface area contributed by atoms with E-state index in [1.165, 1.54) is 5.56 Å². The second-order valence-corrected chi connectivity index (χ2v) is 11.2. The van der Waals surface area contributed by atoms with Gasteiger partial charge in [0.25, 0.3) is 5.91 Å². The molecule has 1 atom stereocenters. The number of carbonyl (C=O) groups excluding carboxylic acids is 2. The smallest absolute Gasteiger partial charge is 0.251 e. The van der Waals surface area contributed by atoms with E-state index in [0.29, 0.717) is 5.91 Å². The molecule has 0 bridgehead atoms. The largest absolute Gasteiger partial charge is 0.497 e. The molecule has 0 aromatic heterocycles. The number of amides is 2. The lowest BCUT2D eigenvalue weighted by molar-refractivity contribution is -0.137. The molecule has 4 rings (SSSR count). The Balaban J connectivity index is 0.000000226. The Kier molecular flexibility index (Phi) is 12.5. The monoisotopic (exact) mass is 556 g/mol. The lowest BCUT2D eigenvalue weighted by Crippen LogP contribution is -2.34. The quantitative estimate of drug-likeness (QED) is 0.244. The number of methoxy groups -OCH3 is 1. The van der Waals surface area contributed by atoms with Crippen LogP contribution < -0.4 is 10.1 Å². The molecule has 1 saturated heterocycles. The second-order valence-electron chi connectivity index (χ2n) is 11.2. The van der Waals surface area contributed by atoms with Crippen molar-refractivity contribution in [1.82, 2.24) is 10.2 Å². The molecule has 1 heterocycles. The van der Waals surface area contributed by atoms with E-state index in [1.807, 2.05) is 78.6 Å². The van der Waals surface area contributed by atoms with Gasteiger partial charge in [0.1, 0.15) is 5.75 Å². The van der Waals surface area contributed by atoms with E-state index in [0.717, 1.165) is 80.5 Å². The van der Waals surface area contributed by atoms with Gasteiger partial charge in [-0.15, -0.1) is 0 Å². The van der Waals surface area contributed by atoms with Crippen molar-refractivity contribution in [2.45, 2.75) is 85.2 Å². The van der Waals surface area contributed by atoms with Crippen molar-refractivity contribution in [3.05, 3.63) is 101 Å². The first-order chi connectivity index (χ1) is 19.9. The predicted octanol–water partition coefficient (Wildman–Crippen LogP) is 8.28. The van der Waals surface area contributed by atoms with Crippen molar-refractivity contribution in [2.75, 3.05) is 13.7 Å². The number of ether oxygens (including phenoxy) is 1. The number of likely N-dealkylation sites (tertiary alicyclic amines) is 1. The molecule has 5 heteroatoms. The SMILES string of the molecule is CCCC(NC(=O)c1cccc(C)c1)c1ccccc1.CCCC1(CCC)CCN(Cc2ccc(OC)cc2)C1=O. The maximum absolute atomic E-state index is 12.8. The van der Waals surface area contributed by atoms with E-state index in [4.69, 9.17) is 4.74 Å². The van der Waals surface area contributed by atoms with Gasteiger partial charge >= 0.3 is 0 Å². The normalized spacial score (nSPS) is 14.7. The highest BCUT2D eigenvalue weighted by molar-refractivity contribution is 5.94. The van der Waals surface area contributed by atoms with Crippen LogP contribution in [0.2, 0.25) is 0 Å². The molecule has 0 spiro atoms. The number of nitrogens with zero attached hydrogens (tertiary/aromatic N) is 1. The van der Waals surface area contributed by atoms with Gasteiger partial charge in [-0.25, -0.2) is 0 Å². The minimum absolute atomic E-state index is 0.00370. The van der Waals surface area contributed by atoms with Gasteiger partial charge in [-0.3, -0.25) is 9.59 Å². The molecular formula is C36H48N2O3. The average molecular weight is 557 g/mol. The molecule has 3 aromatic rings. The Hall–Kier alpha value is -3.60. The molecule has 220 valence electrons. The molecule has 2 amide bonds. The van der Waals surface area contributed by atoms with Gasteiger partial charge in [0.15, 0.2) is 0 Å². The zero-order valence-corrected chi connectivity index (χ0v) is 25.6. The molecule has 1 unspecified atom stereocenters. The van der Waals surface area contributed by atoms with Crippen LogP contribution in [0, 0.1) is 12.3 Å². The Morgan fingerprint density at radius 3 is 2.20 bits per heavy atom. The summed E-state index contributed by atoms with van der Waals surface area (Å²) in [5.41, 5.74) is 4.07. The predicted molar refractivity (Wildman–Crippen MR) is 168 cm³/mol. The van der Waals surface area contributed by atoms with Gasteiger partial charge in [0.2, 0.25) is 5.91 Å². The first-order valence-corrected chi connectivity index (χ1v) is 15.2. The van der Waals surface area contributed by atoms with Crippen LogP contribution in [-0.4, -0.2) is 30.4 Å². The van der Waals surface area contributed by atoms with Crippen LogP contribution in [0.1, 0.15) is 98.8 Å². The second kappa shape index (κ2) is 16.0. The summed E-state index contributed by atoms with van der Waals surface area (Å²) in [4.78, 5) is 27.2. The summed E-state index contributed by atoms with van der Waals surface area (Å²) in [5, 5.41) is 3.14. The van der Waals surface area contributed by atoms with Crippen molar-refractivity contribution >= 4 is 11.8 Å². The summed E-state index contributed by atoms with van der Waals surface area (Å²) in [6, 6.07) is 25.9. The maximum atomic E-state index is 12.8. The fourth-order valence-corrected chi connectivity index (χ4v) is 5.87. The third-order valence-electron chi connectivity index (χ3n) is 7.96. The van der Waals surface area contributed by atoms with Crippen LogP contribution in [0.3, 0.4) is 0 Å². The summed E-state index contributed by atoms with van der Waals surface area (Å²) in [6.45, 7) is 10.1. The number of hydrogen-bond donors (Lipinski definition) is 1. The molecule has 5 nitrogen and oxygen atoms in total. The number of benzene rings is 3. The standard InChI is InChI=1S/C18H27NO2.C18H21NO/c1-4-10-18(11-5-2)12-13-19(17(18)20)14-15-6-8-16(21-3)9-7-15;1-3-8-17(15-10-5-4-6-11-15)19-18(20)16-12-7-9-14(2)13-16/h6-9H,4-5,10-14H2,1-3H3;4-7,9-13,17H,3,8H2,1-2H3,(H,19,20). The number of rotatable bonds is 12. The third kappa shape index (κ3) is 8.94. The van der Waals surface area contributed by atoms with Gasteiger partial charge in [-0.05, 0) is 68.0 Å². The number of nitrogens with one attached hydrogen (secondary N) is 1. The highest BCUT2D eigenvalue weighted by Gasteiger charge is 2.44. The number of hydrogen-bond acceptors (Lipinski definition) is 3. The van der Waals surface area contributed by atoms with Crippen LogP contribution in [-0.2, 0) is 11.3 Å². The number of aryl methyl sites for hydroxylation is 1. The van der Waals surface area contributed by atoms with E-state index >= 15 is 0 Å². The van der Waals surface area contributed by atoms with Crippen LogP contribution in [0.4, 0.5) is 0 Å². The Labute approximate surface area is 247 Å². The highest BCUT2D eigenvalue weighted by Crippen LogP contribution is 2.41. The maximum Gasteiger partial charge on any atom is 0.251 e. The molecule has 1 aliphatic rings. The molecule has 1 fully saturated rings. The fourth-order valence-electron chi connectivity index (χ4n) is 5.87. The highest BCUT2D eigenvalue weighted by atomic mass is 16.5. The molecule has 41 heavy (non-hydrogen) atoms. The summed E-state index contributed by atoms with van der Waals surface area (Å²) in [5.74, 6) is 1.22. The van der Waals surface area contributed by atoms with Gasteiger partial charge in [0, 0.05) is 18.7 Å². The van der Waals surface area contributed by atoms with Crippen molar-refractivity contribution in [3.8, 4) is 5.75 Å². The Morgan fingerprint density at radius 1 is 0.927 bits per heavy atom. The van der Waals surface area contributed by atoms with Gasteiger partial charge in [0.05, 0.1) is 18.6 Å². The first-order valence-electron chi connectivity index (χ1n) is 15.2. The van der Waals surface area contributed by atoms with Crippen LogP contribution in [0.25, 0.3) is 0 Å². The molecule has 0 aliphatic carbocycles. The van der Waals surface area contributed by atoms with E-state index < -0.39 is 0 Å². The van der Waals surface area contributed by atoms with Crippen LogP contribution in [0.15, 0.2) is 78.9 Å². The van der Waals surface area contributed by atoms with Crippen LogP contribution in [0.5, 0.6) is 5.75 Å². The third-order valence-corrected chi connectivity index (χ3v) is 7.96. The number of carbonyl (C=O) groups is 2. The average Bonchev–Trinajstić information content (AvgIpc) is 3.28. The topological polar surface area (TPSA) is 58.6 Å². The van der Waals surface area contributed by atoms with Crippen molar-refractivity contribution < 1.29 is 14.3 Å². The molecule has 1 aliphatic heterocycles. The van der Waals surface area contributed by atoms with Crippen LogP contribution >= 0.6 is 0 Å². The molecule has 1 N–H and O–H groups in total. The zero-order valence-electron chi connectivity index (χ0n) is 25.6. The van der Waals surface area contributed by atoms with Crippen molar-refractivity contribution in [3.63, 3.8) is 0 Å². The van der Waals surface area contributed by atoms with Crippen molar-refractivity contribution in [2.24, 2.45) is 5.41 Å². The summed E-state index contributed by atoms with van der Waals surface area (Å²) >= 11 is 0. The Morgan fingerprint density at radius 2 is 1.61 bits per heavy atom. The zero-order chi connectivity index (χ0) is 29.7. The lowest BCUT2D eigenvalue weighted by atomic mass is 9.78. The molecular weight excluding hydrogens is 508 g/mol. The minimum atomic E-state index is -0.0873. The van der Waals surface area contributed by atoms with E-state index in [-0.39, 0.29) is 17.4 Å². The molecule has 0 radical (unpaired) electrons. The Bertz CT molecular complexity index is 1220. The van der Waals surface area contributed by atoms with E-state index in [9.17, 15) is 9.59 Å². The lowest BCUT2D eigenvalue weighted by Gasteiger charge is -2.27. The fraction of sp³-hybridized carbons (Fsp3) is 0.444. The van der Waals surface area contributed by atoms with Gasteiger partial charge < -0.3 is 15.0 Å². The van der Waals surface area contributed by atoms with Crippen molar-refractivity contribution in [1.29, 1.82) is 0 Å². The summed E-state index contributed by atoms with van der Waals surface area (Å²) in [7, 11) is 1.67. The minimum Gasteiger partial charge on any atom is -0.497 e. The van der Waals surface area contributed by atoms with E-state index in [1.54, 1.807) is 7.11 Å². The molecule has 0 saturated carbocycles. The van der Waals surface area contributed by atoms with Gasteiger partial charge in [-0.1, -0.05) is 100 Å². The summed E-state index contributed by atoms with van der Waals surface area (Å²) < 4.78 is 5.18. The van der Waals surface area contributed by atoms with Gasteiger partial charge in [-0.2, -0.15) is 0 Å². The molecule has 3 aromatic carbocycles. The summed E-state index contributed by atoms with van der Waals surface area (Å²) in [6.07, 6.45) is 7.22. The van der Waals surface area contributed by atoms with E-state index in [2.05, 4.69) is 38.2 Å².